The first-order valence-corrected chi connectivity index (χ1v) is 4.62. The summed E-state index contributed by atoms with van der Waals surface area (Å²) >= 11 is 0. The third kappa shape index (κ3) is 2.40. The van der Waals surface area contributed by atoms with Crippen LogP contribution >= 0.6 is 0 Å². The lowest BCUT2D eigenvalue weighted by Crippen LogP contribution is -2.59. The van der Waals surface area contributed by atoms with Crippen LogP contribution in [-0.4, -0.2) is 49.1 Å². The number of rotatable bonds is 3. The summed E-state index contributed by atoms with van der Waals surface area (Å²) in [5, 5.41) is 3.24. The zero-order valence-electron chi connectivity index (χ0n) is 7.99. The second kappa shape index (κ2) is 4.55. The van der Waals surface area contributed by atoms with Gasteiger partial charge in [-0.1, -0.05) is 0 Å². The molecular weight excluding hydrogens is 168 g/mol. The second-order valence-corrected chi connectivity index (χ2v) is 3.41. The molecule has 2 unspecified atom stereocenters. The topological polar surface area (TPSA) is 84.4 Å². The van der Waals surface area contributed by atoms with Crippen molar-refractivity contribution in [2.45, 2.75) is 19.0 Å². The van der Waals surface area contributed by atoms with Crippen LogP contribution in [0.25, 0.3) is 0 Å². The summed E-state index contributed by atoms with van der Waals surface area (Å²) in [6.07, 6.45) is 0. The van der Waals surface area contributed by atoms with Crippen LogP contribution in [0.3, 0.4) is 0 Å². The summed E-state index contributed by atoms with van der Waals surface area (Å²) in [4.78, 5) is 13.0. The predicted molar refractivity (Wildman–Crippen MR) is 51.1 cm³/mol. The van der Waals surface area contributed by atoms with Crippen LogP contribution in [0.2, 0.25) is 0 Å². The van der Waals surface area contributed by atoms with Gasteiger partial charge in [0.05, 0.1) is 6.04 Å². The third-order valence-electron chi connectivity index (χ3n) is 2.58. The van der Waals surface area contributed by atoms with Crippen molar-refractivity contribution in [3.05, 3.63) is 0 Å². The molecule has 1 aliphatic rings. The van der Waals surface area contributed by atoms with E-state index in [1.54, 1.807) is 0 Å². The molecule has 1 amide bonds. The Labute approximate surface area is 78.4 Å². The molecule has 5 heteroatoms. The lowest BCUT2D eigenvalue weighted by atomic mass is 10.1. The van der Waals surface area contributed by atoms with Gasteiger partial charge in [-0.3, -0.25) is 9.69 Å². The molecule has 13 heavy (non-hydrogen) atoms. The Morgan fingerprint density at radius 3 is 3.00 bits per heavy atom. The quantitative estimate of drug-likeness (QED) is 0.480. The maximum absolute atomic E-state index is 11.0. The van der Waals surface area contributed by atoms with Gasteiger partial charge in [0.15, 0.2) is 0 Å². The Kier molecular flexibility index (Phi) is 3.65. The molecule has 0 aliphatic carbocycles. The van der Waals surface area contributed by atoms with Crippen molar-refractivity contribution in [1.29, 1.82) is 0 Å². The van der Waals surface area contributed by atoms with E-state index in [1.165, 1.54) is 0 Å². The van der Waals surface area contributed by atoms with Crippen molar-refractivity contribution in [3.63, 3.8) is 0 Å². The normalized spacial score (nSPS) is 27.1. The number of nitrogens with one attached hydrogen (secondary N) is 1. The van der Waals surface area contributed by atoms with E-state index >= 15 is 0 Å². The number of hydrogen-bond acceptors (Lipinski definition) is 4. The first-order valence-electron chi connectivity index (χ1n) is 4.62. The van der Waals surface area contributed by atoms with E-state index in [4.69, 9.17) is 11.5 Å². The SMILES string of the molecule is CC(C(N)=O)N1CCNCC1CN. The van der Waals surface area contributed by atoms with Crippen LogP contribution in [0.1, 0.15) is 6.92 Å². The van der Waals surface area contributed by atoms with Crippen LogP contribution in [0.15, 0.2) is 0 Å². The van der Waals surface area contributed by atoms with Crippen LogP contribution in [0.5, 0.6) is 0 Å². The lowest BCUT2D eigenvalue weighted by molar-refractivity contribution is -0.123. The van der Waals surface area contributed by atoms with Crippen molar-refractivity contribution in [3.8, 4) is 0 Å². The smallest absolute Gasteiger partial charge is 0.234 e. The third-order valence-corrected chi connectivity index (χ3v) is 2.58. The molecule has 0 saturated carbocycles. The van der Waals surface area contributed by atoms with Gasteiger partial charge in [0.1, 0.15) is 0 Å². The number of nitrogens with zero attached hydrogens (tertiary/aromatic N) is 1. The van der Waals surface area contributed by atoms with Gasteiger partial charge < -0.3 is 16.8 Å². The van der Waals surface area contributed by atoms with Crippen LogP contribution in [-0.2, 0) is 4.79 Å². The number of carbonyl (C=O) groups is 1. The Morgan fingerprint density at radius 1 is 1.77 bits per heavy atom. The van der Waals surface area contributed by atoms with E-state index in [2.05, 4.69) is 10.2 Å². The van der Waals surface area contributed by atoms with Gasteiger partial charge in [0.2, 0.25) is 5.91 Å². The highest BCUT2D eigenvalue weighted by molar-refractivity contribution is 5.79. The molecule has 1 rings (SSSR count). The molecule has 76 valence electrons. The minimum absolute atomic E-state index is 0.212. The first kappa shape index (κ1) is 10.4. The van der Waals surface area contributed by atoms with Crippen molar-refractivity contribution in [2.75, 3.05) is 26.2 Å². The van der Waals surface area contributed by atoms with Crippen molar-refractivity contribution < 1.29 is 4.79 Å². The molecule has 0 spiro atoms. The minimum Gasteiger partial charge on any atom is -0.368 e. The number of piperazine rings is 1. The van der Waals surface area contributed by atoms with E-state index < -0.39 is 0 Å². The Balaban J connectivity index is 2.58. The van der Waals surface area contributed by atoms with E-state index in [1.807, 2.05) is 6.92 Å². The van der Waals surface area contributed by atoms with Crippen molar-refractivity contribution in [1.82, 2.24) is 10.2 Å². The highest BCUT2D eigenvalue weighted by Gasteiger charge is 2.27. The van der Waals surface area contributed by atoms with Crippen LogP contribution in [0.4, 0.5) is 0 Å². The molecule has 0 bridgehead atoms. The number of amides is 1. The van der Waals surface area contributed by atoms with Gasteiger partial charge in [-0.05, 0) is 6.92 Å². The molecular formula is C8H18N4O. The van der Waals surface area contributed by atoms with Gasteiger partial charge in [-0.15, -0.1) is 0 Å². The predicted octanol–water partition coefficient (Wildman–Crippen LogP) is -1.91. The molecule has 2 atom stereocenters. The number of nitrogens with two attached hydrogens (primary N) is 2. The molecule has 1 fully saturated rings. The average molecular weight is 186 g/mol. The molecule has 0 aromatic rings. The van der Waals surface area contributed by atoms with E-state index in [0.717, 1.165) is 19.6 Å². The summed E-state index contributed by atoms with van der Waals surface area (Å²) in [5.41, 5.74) is 10.8. The monoisotopic (exact) mass is 186 g/mol. The molecule has 0 aromatic heterocycles. The number of primary amides is 1. The van der Waals surface area contributed by atoms with Gasteiger partial charge >= 0.3 is 0 Å². The summed E-state index contributed by atoms with van der Waals surface area (Å²) in [5.74, 6) is -0.277. The lowest BCUT2D eigenvalue weighted by Gasteiger charge is -2.38. The first-order chi connectivity index (χ1) is 6.16. The van der Waals surface area contributed by atoms with Gasteiger partial charge in [-0.25, -0.2) is 0 Å². The summed E-state index contributed by atoms with van der Waals surface area (Å²) in [6, 6.07) is 0.0203. The zero-order valence-corrected chi connectivity index (χ0v) is 7.99. The fourth-order valence-corrected chi connectivity index (χ4v) is 1.67. The molecule has 1 heterocycles. The summed E-state index contributed by atoms with van der Waals surface area (Å²) in [6.45, 7) is 4.97. The second-order valence-electron chi connectivity index (χ2n) is 3.41. The highest BCUT2D eigenvalue weighted by atomic mass is 16.1. The fraction of sp³-hybridized carbons (Fsp3) is 0.875. The Hall–Kier alpha value is -0.650. The van der Waals surface area contributed by atoms with E-state index in [0.29, 0.717) is 6.54 Å². The fourth-order valence-electron chi connectivity index (χ4n) is 1.67. The highest BCUT2D eigenvalue weighted by Crippen LogP contribution is 2.06. The van der Waals surface area contributed by atoms with E-state index in [9.17, 15) is 4.79 Å². The van der Waals surface area contributed by atoms with Crippen LogP contribution < -0.4 is 16.8 Å². The molecule has 1 saturated heterocycles. The molecule has 1 aliphatic heterocycles. The standard InChI is InChI=1S/C8H18N4O/c1-6(8(10)13)12-3-2-11-5-7(12)4-9/h6-7,11H,2-5,9H2,1H3,(H2,10,13). The number of carbonyl (C=O) groups excluding carboxylic acids is 1. The largest absolute Gasteiger partial charge is 0.368 e. The Bertz CT molecular complexity index is 185. The Morgan fingerprint density at radius 2 is 2.46 bits per heavy atom. The van der Waals surface area contributed by atoms with Gasteiger partial charge in [-0.2, -0.15) is 0 Å². The molecule has 0 aromatic carbocycles. The van der Waals surface area contributed by atoms with Gasteiger partial charge in [0.25, 0.3) is 0 Å². The van der Waals surface area contributed by atoms with Crippen molar-refractivity contribution >= 4 is 5.91 Å². The van der Waals surface area contributed by atoms with Crippen LogP contribution in [0, 0.1) is 0 Å². The maximum atomic E-state index is 11.0. The molecule has 5 nitrogen and oxygen atoms in total. The molecule has 5 N–H and O–H groups in total. The van der Waals surface area contributed by atoms with Crippen molar-refractivity contribution in [2.24, 2.45) is 11.5 Å². The van der Waals surface area contributed by atoms with E-state index in [-0.39, 0.29) is 18.0 Å². The number of hydrogen-bond donors (Lipinski definition) is 3. The minimum atomic E-state index is -0.277. The summed E-state index contributed by atoms with van der Waals surface area (Å²) < 4.78 is 0. The zero-order chi connectivity index (χ0) is 9.84. The van der Waals surface area contributed by atoms with Gasteiger partial charge in [0, 0.05) is 32.2 Å². The molecule has 0 radical (unpaired) electrons. The average Bonchev–Trinajstić information content (AvgIpc) is 2.16. The maximum Gasteiger partial charge on any atom is 0.234 e. The summed E-state index contributed by atoms with van der Waals surface area (Å²) in [7, 11) is 0.